The average Bonchev–Trinajstić information content (AvgIpc) is 2.71. The van der Waals surface area contributed by atoms with Gasteiger partial charge in [0.15, 0.2) is 5.96 Å². The summed E-state index contributed by atoms with van der Waals surface area (Å²) in [4.78, 5) is 20.7. The molecule has 6 nitrogen and oxygen atoms in total. The molecule has 29 heavy (non-hydrogen) atoms. The van der Waals surface area contributed by atoms with Crippen molar-refractivity contribution in [3.63, 3.8) is 0 Å². The first-order valence-corrected chi connectivity index (χ1v) is 9.91. The highest BCUT2D eigenvalue weighted by Crippen LogP contribution is 2.16. The Morgan fingerprint density at radius 1 is 1.14 bits per heavy atom. The lowest BCUT2D eigenvalue weighted by Gasteiger charge is -2.36. The zero-order valence-corrected chi connectivity index (χ0v) is 19.8. The summed E-state index contributed by atoms with van der Waals surface area (Å²) >= 11 is 3.35. The number of carbonyl (C=O) groups is 1. The number of hydrogen-bond acceptors (Lipinski definition) is 3. The van der Waals surface area contributed by atoms with Gasteiger partial charge in [0.1, 0.15) is 5.82 Å². The molecule has 156 valence electrons. The molecule has 0 radical (unpaired) electrons. The summed E-state index contributed by atoms with van der Waals surface area (Å²) < 4.78 is 13.9. The molecule has 9 heteroatoms. The number of benzene rings is 2. The van der Waals surface area contributed by atoms with Crippen molar-refractivity contribution in [1.29, 1.82) is 0 Å². The first-order valence-electron chi connectivity index (χ1n) is 9.12. The number of nitrogens with zero attached hydrogens (tertiary/aromatic N) is 3. The van der Waals surface area contributed by atoms with E-state index in [1.807, 2.05) is 17.0 Å². The van der Waals surface area contributed by atoms with E-state index in [1.165, 1.54) is 12.1 Å². The van der Waals surface area contributed by atoms with Crippen LogP contribution in [0, 0.1) is 5.82 Å². The maximum absolute atomic E-state index is 13.0. The van der Waals surface area contributed by atoms with Crippen LogP contribution in [0.4, 0.5) is 10.1 Å². The number of carbonyl (C=O) groups excluding carboxylic acids is 1. The number of rotatable bonds is 5. The van der Waals surface area contributed by atoms with Crippen LogP contribution < -0.4 is 16.0 Å². The van der Waals surface area contributed by atoms with E-state index in [-0.39, 0.29) is 35.7 Å². The molecule has 3 N–H and O–H groups in total. The number of guanidine groups is 1. The third-order valence-electron chi connectivity index (χ3n) is 4.55. The minimum Gasteiger partial charge on any atom is -0.370 e. The van der Waals surface area contributed by atoms with Gasteiger partial charge in [0, 0.05) is 48.4 Å². The van der Waals surface area contributed by atoms with Crippen molar-refractivity contribution in [1.82, 2.24) is 10.2 Å². The first kappa shape index (κ1) is 23.4. The molecular formula is C20H24BrFIN5O. The maximum Gasteiger partial charge on any atom is 0.251 e. The smallest absolute Gasteiger partial charge is 0.251 e. The van der Waals surface area contributed by atoms with Gasteiger partial charge in [0.25, 0.3) is 5.91 Å². The maximum atomic E-state index is 13.0. The van der Waals surface area contributed by atoms with Crippen molar-refractivity contribution >= 4 is 57.5 Å². The Labute approximate surface area is 195 Å². The molecule has 0 atom stereocenters. The molecule has 0 unspecified atom stereocenters. The Kier molecular flexibility index (Phi) is 9.15. The summed E-state index contributed by atoms with van der Waals surface area (Å²) in [5.74, 6) is 0.115. The highest BCUT2D eigenvalue weighted by molar-refractivity contribution is 14.0. The molecule has 2 aromatic carbocycles. The fourth-order valence-corrected chi connectivity index (χ4v) is 3.42. The van der Waals surface area contributed by atoms with E-state index in [1.54, 1.807) is 24.3 Å². The van der Waals surface area contributed by atoms with E-state index in [4.69, 9.17) is 5.73 Å². The summed E-state index contributed by atoms with van der Waals surface area (Å²) in [7, 11) is 0. The lowest BCUT2D eigenvalue weighted by molar-refractivity contribution is 0.0954. The molecule has 2 aromatic rings. The molecule has 0 aliphatic carbocycles. The van der Waals surface area contributed by atoms with Gasteiger partial charge < -0.3 is 20.9 Å². The van der Waals surface area contributed by atoms with Crippen molar-refractivity contribution in [3.05, 3.63) is 64.4 Å². The Balaban J connectivity index is 0.00000300. The minimum absolute atomic E-state index is 0. The van der Waals surface area contributed by atoms with Crippen LogP contribution in [-0.4, -0.2) is 56.0 Å². The molecule has 1 amide bonds. The normalized spacial score (nSPS) is 14.3. The zero-order valence-electron chi connectivity index (χ0n) is 15.9. The second-order valence-corrected chi connectivity index (χ2v) is 7.37. The van der Waals surface area contributed by atoms with Gasteiger partial charge in [-0.2, -0.15) is 0 Å². The largest absolute Gasteiger partial charge is 0.370 e. The van der Waals surface area contributed by atoms with Gasteiger partial charge in [0.05, 0.1) is 6.54 Å². The van der Waals surface area contributed by atoms with Gasteiger partial charge in [-0.25, -0.2) is 4.39 Å². The quantitative estimate of drug-likeness (QED) is 0.249. The number of aliphatic imine (C=N–C) groups is 1. The molecule has 0 aromatic heterocycles. The molecule has 1 fully saturated rings. The minimum atomic E-state index is -0.231. The molecule has 1 aliphatic rings. The van der Waals surface area contributed by atoms with Crippen LogP contribution in [0.15, 0.2) is 58.0 Å². The molecule has 1 heterocycles. The number of amides is 1. The summed E-state index contributed by atoms with van der Waals surface area (Å²) in [5, 5.41) is 2.84. The predicted octanol–water partition coefficient (Wildman–Crippen LogP) is 3.07. The third kappa shape index (κ3) is 6.84. The average molecular weight is 576 g/mol. The lowest BCUT2D eigenvalue weighted by Crippen LogP contribution is -2.51. The second-order valence-electron chi connectivity index (χ2n) is 6.46. The molecule has 1 aliphatic heterocycles. The fraction of sp³-hybridized carbons (Fsp3) is 0.300. The zero-order chi connectivity index (χ0) is 19.9. The van der Waals surface area contributed by atoms with E-state index in [0.29, 0.717) is 24.6 Å². The van der Waals surface area contributed by atoms with Crippen LogP contribution in [0.1, 0.15) is 10.4 Å². The number of anilines is 1. The highest BCUT2D eigenvalue weighted by Gasteiger charge is 2.18. The standard InChI is InChI=1S/C20H23BrFN5O.HI/c21-16-3-1-2-15(14-16)19(28)24-8-9-25-20(23)27-12-10-26(11-13-27)18-6-4-17(22)5-7-18;/h1-7,14H,8-13H2,(H2,23,25)(H,24,28);1H. The first-order chi connectivity index (χ1) is 13.5. The monoisotopic (exact) mass is 575 g/mol. The van der Waals surface area contributed by atoms with Gasteiger partial charge in [-0.15, -0.1) is 24.0 Å². The Morgan fingerprint density at radius 2 is 1.83 bits per heavy atom. The predicted molar refractivity (Wildman–Crippen MR) is 129 cm³/mol. The Hall–Kier alpha value is -1.88. The van der Waals surface area contributed by atoms with Gasteiger partial charge in [-0.05, 0) is 42.5 Å². The van der Waals surface area contributed by atoms with E-state index < -0.39 is 0 Å². The molecule has 1 saturated heterocycles. The Bertz CT molecular complexity index is 841. The number of halogens is 3. The van der Waals surface area contributed by atoms with Crippen molar-refractivity contribution < 1.29 is 9.18 Å². The molecule has 3 rings (SSSR count). The molecule has 0 bridgehead atoms. The van der Waals surface area contributed by atoms with Gasteiger partial charge in [-0.1, -0.05) is 22.0 Å². The van der Waals surface area contributed by atoms with E-state index >= 15 is 0 Å². The SMILES string of the molecule is I.NC(=NCCNC(=O)c1cccc(Br)c1)N1CCN(c2ccc(F)cc2)CC1. The number of hydrogen-bond donors (Lipinski definition) is 2. The topological polar surface area (TPSA) is 74.0 Å². The summed E-state index contributed by atoms with van der Waals surface area (Å²) in [6, 6.07) is 13.7. The van der Waals surface area contributed by atoms with Crippen LogP contribution >= 0.6 is 39.9 Å². The van der Waals surface area contributed by atoms with Crippen molar-refractivity contribution in [3.8, 4) is 0 Å². The number of nitrogens with two attached hydrogens (primary N) is 1. The molecule has 0 spiro atoms. The summed E-state index contributed by atoms with van der Waals surface area (Å²) in [5.41, 5.74) is 7.70. The second kappa shape index (κ2) is 11.3. The lowest BCUT2D eigenvalue weighted by atomic mass is 10.2. The van der Waals surface area contributed by atoms with Crippen molar-refractivity contribution in [2.45, 2.75) is 0 Å². The van der Waals surface area contributed by atoms with Crippen LogP contribution in [0.5, 0.6) is 0 Å². The molecule has 0 saturated carbocycles. The fourth-order valence-electron chi connectivity index (χ4n) is 3.02. The van der Waals surface area contributed by atoms with Crippen LogP contribution in [-0.2, 0) is 0 Å². The third-order valence-corrected chi connectivity index (χ3v) is 5.05. The number of piperazine rings is 1. The van der Waals surface area contributed by atoms with Crippen LogP contribution in [0.25, 0.3) is 0 Å². The van der Waals surface area contributed by atoms with Gasteiger partial charge >= 0.3 is 0 Å². The van der Waals surface area contributed by atoms with Gasteiger partial charge in [-0.3, -0.25) is 9.79 Å². The van der Waals surface area contributed by atoms with E-state index in [2.05, 4.69) is 31.1 Å². The van der Waals surface area contributed by atoms with Crippen LogP contribution in [0.3, 0.4) is 0 Å². The summed E-state index contributed by atoms with van der Waals surface area (Å²) in [6.07, 6.45) is 0. The number of nitrogens with one attached hydrogen (secondary N) is 1. The highest BCUT2D eigenvalue weighted by atomic mass is 127. The van der Waals surface area contributed by atoms with E-state index in [9.17, 15) is 9.18 Å². The van der Waals surface area contributed by atoms with Crippen molar-refractivity contribution in [2.75, 3.05) is 44.2 Å². The van der Waals surface area contributed by atoms with Gasteiger partial charge in [0.2, 0.25) is 0 Å². The van der Waals surface area contributed by atoms with E-state index in [0.717, 1.165) is 36.3 Å². The Morgan fingerprint density at radius 3 is 2.48 bits per heavy atom. The summed E-state index contributed by atoms with van der Waals surface area (Å²) in [6.45, 7) is 3.92. The van der Waals surface area contributed by atoms with Crippen molar-refractivity contribution in [2.24, 2.45) is 10.7 Å². The van der Waals surface area contributed by atoms with Crippen LogP contribution in [0.2, 0.25) is 0 Å². The molecular weight excluding hydrogens is 552 g/mol.